The van der Waals surface area contributed by atoms with Gasteiger partial charge < -0.3 is 15.5 Å². The molecule has 3 rings (SSSR count). The minimum atomic E-state index is -4.37. The number of aromatic nitrogens is 1. The molecule has 0 aliphatic carbocycles. The SMILES string of the molecule is CN=C(NCc1cccc(C(F)(F)F)c1)NC1CCN(c2ncccc2F)C1.I. The molecule has 5 nitrogen and oxygen atoms in total. The van der Waals surface area contributed by atoms with E-state index < -0.39 is 11.7 Å². The number of guanidine groups is 1. The molecule has 1 fully saturated rings. The van der Waals surface area contributed by atoms with E-state index in [1.165, 1.54) is 12.1 Å². The van der Waals surface area contributed by atoms with E-state index in [2.05, 4.69) is 20.6 Å². The van der Waals surface area contributed by atoms with Crippen molar-refractivity contribution in [2.45, 2.75) is 25.2 Å². The van der Waals surface area contributed by atoms with E-state index in [9.17, 15) is 17.6 Å². The lowest BCUT2D eigenvalue weighted by molar-refractivity contribution is -0.137. The number of anilines is 1. The van der Waals surface area contributed by atoms with Gasteiger partial charge >= 0.3 is 6.18 Å². The van der Waals surface area contributed by atoms with E-state index in [1.807, 2.05) is 4.90 Å². The number of nitrogens with one attached hydrogen (secondary N) is 2. The number of alkyl halides is 3. The second-order valence-corrected chi connectivity index (χ2v) is 6.51. The van der Waals surface area contributed by atoms with Gasteiger partial charge in [0, 0.05) is 38.9 Å². The van der Waals surface area contributed by atoms with Gasteiger partial charge in [-0.1, -0.05) is 12.1 Å². The van der Waals surface area contributed by atoms with Gasteiger partial charge in [0.1, 0.15) is 0 Å². The summed E-state index contributed by atoms with van der Waals surface area (Å²) in [5, 5.41) is 6.25. The van der Waals surface area contributed by atoms with Crippen molar-refractivity contribution < 1.29 is 17.6 Å². The van der Waals surface area contributed by atoms with E-state index in [4.69, 9.17) is 0 Å². The molecule has 2 N–H and O–H groups in total. The maximum atomic E-state index is 13.9. The van der Waals surface area contributed by atoms with Crippen molar-refractivity contribution in [3.05, 3.63) is 59.5 Å². The summed E-state index contributed by atoms with van der Waals surface area (Å²) in [6, 6.07) is 8.10. The van der Waals surface area contributed by atoms with Crippen LogP contribution in [0.4, 0.5) is 23.4 Å². The monoisotopic (exact) mass is 523 g/mol. The summed E-state index contributed by atoms with van der Waals surface area (Å²) < 4.78 is 52.3. The van der Waals surface area contributed by atoms with Crippen molar-refractivity contribution in [2.75, 3.05) is 25.0 Å². The summed E-state index contributed by atoms with van der Waals surface area (Å²) >= 11 is 0. The summed E-state index contributed by atoms with van der Waals surface area (Å²) in [7, 11) is 1.59. The number of benzene rings is 1. The molecule has 1 unspecified atom stereocenters. The first-order chi connectivity index (χ1) is 13.4. The molecule has 2 heterocycles. The first-order valence-electron chi connectivity index (χ1n) is 8.85. The lowest BCUT2D eigenvalue weighted by atomic mass is 10.1. The Morgan fingerprint density at radius 2 is 2.07 bits per heavy atom. The zero-order valence-corrected chi connectivity index (χ0v) is 18.0. The van der Waals surface area contributed by atoms with Gasteiger partial charge in [-0.05, 0) is 36.2 Å². The quantitative estimate of drug-likeness (QED) is 0.277. The Hall–Kier alpha value is -2.11. The van der Waals surface area contributed by atoms with Crippen molar-refractivity contribution in [3.8, 4) is 0 Å². The molecule has 1 saturated heterocycles. The van der Waals surface area contributed by atoms with Gasteiger partial charge in [-0.2, -0.15) is 13.2 Å². The molecule has 10 heteroatoms. The lowest BCUT2D eigenvalue weighted by Gasteiger charge is -2.20. The van der Waals surface area contributed by atoms with E-state index in [0.717, 1.165) is 18.6 Å². The lowest BCUT2D eigenvalue weighted by Crippen LogP contribution is -2.44. The van der Waals surface area contributed by atoms with E-state index in [-0.39, 0.29) is 42.4 Å². The minimum absolute atomic E-state index is 0. The second-order valence-electron chi connectivity index (χ2n) is 6.51. The van der Waals surface area contributed by atoms with Crippen molar-refractivity contribution in [1.82, 2.24) is 15.6 Å². The molecule has 1 aliphatic heterocycles. The van der Waals surface area contributed by atoms with Crippen LogP contribution in [0.1, 0.15) is 17.5 Å². The predicted molar refractivity (Wildman–Crippen MR) is 115 cm³/mol. The van der Waals surface area contributed by atoms with Gasteiger partial charge in [0.05, 0.1) is 5.56 Å². The number of pyridine rings is 1. The highest BCUT2D eigenvalue weighted by Gasteiger charge is 2.30. The number of hydrogen-bond acceptors (Lipinski definition) is 3. The number of hydrogen-bond donors (Lipinski definition) is 2. The summed E-state index contributed by atoms with van der Waals surface area (Å²) in [6.07, 6.45) is -2.06. The van der Waals surface area contributed by atoms with Gasteiger partial charge in [0.15, 0.2) is 17.6 Å². The average Bonchev–Trinajstić information content (AvgIpc) is 3.13. The van der Waals surface area contributed by atoms with Gasteiger partial charge in [0.25, 0.3) is 0 Å². The zero-order chi connectivity index (χ0) is 20.1. The standard InChI is InChI=1S/C19H21F4N5.HI/c1-24-18(26-11-13-4-2-5-14(10-13)19(21,22)23)27-15-7-9-28(12-15)17-16(20)6-3-8-25-17;/h2-6,8,10,15H,7,9,11-12H2,1H3,(H2,24,26,27);1H. The predicted octanol–water partition coefficient (Wildman–Crippen LogP) is 3.80. The highest BCUT2D eigenvalue weighted by Crippen LogP contribution is 2.29. The maximum Gasteiger partial charge on any atom is 0.416 e. The molecular weight excluding hydrogens is 501 g/mol. The highest BCUT2D eigenvalue weighted by molar-refractivity contribution is 14.0. The first-order valence-corrected chi connectivity index (χ1v) is 8.85. The Morgan fingerprint density at radius 1 is 1.28 bits per heavy atom. The highest BCUT2D eigenvalue weighted by atomic mass is 127. The molecule has 29 heavy (non-hydrogen) atoms. The molecule has 0 spiro atoms. The van der Waals surface area contributed by atoms with Crippen LogP contribution in [0.15, 0.2) is 47.6 Å². The molecule has 158 valence electrons. The Labute approximate surface area is 183 Å². The van der Waals surface area contributed by atoms with Crippen LogP contribution in [0.25, 0.3) is 0 Å². The molecular formula is C19H22F4IN5. The van der Waals surface area contributed by atoms with E-state index in [1.54, 1.807) is 25.4 Å². The Kier molecular flexibility index (Phi) is 8.05. The van der Waals surface area contributed by atoms with Crippen LogP contribution >= 0.6 is 24.0 Å². The molecule has 0 radical (unpaired) electrons. The van der Waals surface area contributed by atoms with Crippen molar-refractivity contribution in [3.63, 3.8) is 0 Å². The third-order valence-electron chi connectivity index (χ3n) is 4.51. The molecule has 2 aromatic rings. The topological polar surface area (TPSA) is 52.6 Å². The van der Waals surface area contributed by atoms with Crippen LogP contribution in [-0.2, 0) is 12.7 Å². The third-order valence-corrected chi connectivity index (χ3v) is 4.51. The molecule has 1 aliphatic rings. The first kappa shape index (κ1) is 23.2. The van der Waals surface area contributed by atoms with E-state index >= 15 is 0 Å². The average molecular weight is 523 g/mol. The largest absolute Gasteiger partial charge is 0.416 e. The molecule has 1 atom stereocenters. The summed E-state index contributed by atoms with van der Waals surface area (Å²) in [4.78, 5) is 10.1. The van der Waals surface area contributed by atoms with Gasteiger partial charge in [0.2, 0.25) is 0 Å². The van der Waals surface area contributed by atoms with Gasteiger partial charge in [-0.15, -0.1) is 24.0 Å². The van der Waals surface area contributed by atoms with Crippen LogP contribution in [0, 0.1) is 5.82 Å². The Morgan fingerprint density at radius 3 is 2.76 bits per heavy atom. The van der Waals surface area contributed by atoms with Crippen molar-refractivity contribution >= 4 is 35.8 Å². The number of nitrogens with zero attached hydrogens (tertiary/aromatic N) is 3. The molecule has 0 amide bonds. The van der Waals surface area contributed by atoms with Crippen LogP contribution in [-0.4, -0.2) is 37.1 Å². The summed E-state index contributed by atoms with van der Waals surface area (Å²) in [5.41, 5.74) is -0.181. The molecule has 0 saturated carbocycles. The Balaban J connectivity index is 0.00000300. The third kappa shape index (κ3) is 6.18. The van der Waals surface area contributed by atoms with Gasteiger partial charge in [-0.3, -0.25) is 4.99 Å². The summed E-state index contributed by atoms with van der Waals surface area (Å²) in [5.74, 6) is 0.430. The normalized spacial score (nSPS) is 17.1. The number of halogens is 5. The molecule has 1 aromatic carbocycles. The number of rotatable bonds is 4. The maximum absolute atomic E-state index is 13.9. The fraction of sp³-hybridized carbons (Fsp3) is 0.368. The zero-order valence-electron chi connectivity index (χ0n) is 15.7. The second kappa shape index (κ2) is 10.1. The van der Waals surface area contributed by atoms with Crippen LogP contribution in [0.2, 0.25) is 0 Å². The van der Waals surface area contributed by atoms with E-state index in [0.29, 0.717) is 30.4 Å². The Bertz CT molecular complexity index is 843. The van der Waals surface area contributed by atoms with Crippen LogP contribution in [0.5, 0.6) is 0 Å². The van der Waals surface area contributed by atoms with Gasteiger partial charge in [-0.25, -0.2) is 9.37 Å². The van der Waals surface area contributed by atoms with Crippen molar-refractivity contribution in [2.24, 2.45) is 4.99 Å². The fourth-order valence-corrected chi connectivity index (χ4v) is 3.11. The molecule has 1 aromatic heterocycles. The molecule has 0 bridgehead atoms. The smallest absolute Gasteiger partial charge is 0.352 e. The van der Waals surface area contributed by atoms with Crippen LogP contribution < -0.4 is 15.5 Å². The fourth-order valence-electron chi connectivity index (χ4n) is 3.11. The summed E-state index contributed by atoms with van der Waals surface area (Å²) in [6.45, 7) is 1.41. The minimum Gasteiger partial charge on any atom is -0.352 e. The number of aliphatic imine (C=N–C) groups is 1. The van der Waals surface area contributed by atoms with Crippen LogP contribution in [0.3, 0.4) is 0 Å². The van der Waals surface area contributed by atoms with Crippen molar-refractivity contribution in [1.29, 1.82) is 0 Å².